The molecule has 2 atom stereocenters. The molecule has 3 aliphatic heterocycles. The van der Waals surface area contributed by atoms with E-state index in [1.54, 1.807) is 61.2 Å². The highest BCUT2D eigenvalue weighted by Crippen LogP contribution is 2.41. The average molecular weight is 887 g/mol. The normalized spacial score (nSPS) is 20.0. The molecule has 3 heterocycles. The molecular weight excluding hydrogens is 843 g/mol. The van der Waals surface area contributed by atoms with Crippen molar-refractivity contribution in [2.75, 3.05) is 59.8 Å². The quantitative estimate of drug-likeness (QED) is 0.105. The lowest BCUT2D eigenvalue weighted by Crippen LogP contribution is -2.60. The first-order chi connectivity index (χ1) is 29.1. The first-order valence-corrected chi connectivity index (χ1v) is 20.1. The van der Waals surface area contributed by atoms with Crippen molar-refractivity contribution in [3.05, 3.63) is 77.4 Å². The number of nitrogens with zero attached hydrogens (tertiary/aromatic N) is 5. The molecule has 0 radical (unpaired) electrons. The van der Waals surface area contributed by atoms with Gasteiger partial charge in [0.1, 0.15) is 30.0 Å². The third kappa shape index (κ3) is 9.95. The Hall–Kier alpha value is -5.78. The second kappa shape index (κ2) is 17.9. The van der Waals surface area contributed by atoms with Gasteiger partial charge in [-0.25, -0.2) is 0 Å². The maximum absolute atomic E-state index is 14.4. The molecule has 0 saturated carbocycles. The number of amides is 4. The number of hydrogen-bond donors (Lipinski definition) is 3. The second-order valence-corrected chi connectivity index (χ2v) is 16.4. The van der Waals surface area contributed by atoms with Crippen molar-refractivity contribution in [1.82, 2.24) is 15.1 Å². The van der Waals surface area contributed by atoms with E-state index in [2.05, 4.69) is 16.0 Å². The zero-order valence-corrected chi connectivity index (χ0v) is 34.9. The van der Waals surface area contributed by atoms with Crippen LogP contribution in [0.3, 0.4) is 0 Å². The molecule has 0 bridgehead atoms. The Balaban J connectivity index is 1.08. The van der Waals surface area contributed by atoms with Crippen LogP contribution in [0.4, 0.5) is 49.1 Å². The summed E-state index contributed by atoms with van der Waals surface area (Å²) in [6.07, 6.45) is -9.05. The molecule has 3 aromatic carbocycles. The summed E-state index contributed by atoms with van der Waals surface area (Å²) < 4.78 is 90.8. The maximum Gasteiger partial charge on any atom is 0.417 e. The van der Waals surface area contributed by atoms with Crippen molar-refractivity contribution < 1.29 is 50.3 Å². The lowest BCUT2D eigenvalue weighted by Gasteiger charge is -2.41. The zero-order valence-electron chi connectivity index (χ0n) is 34.1. The van der Waals surface area contributed by atoms with E-state index >= 15 is 0 Å². The summed E-state index contributed by atoms with van der Waals surface area (Å²) in [5.41, 5.74) is -1.34. The standard InChI is InChI=1S/C42H44F6N8O5S/c1-24(2)30-19-29(56-39(62)55(38(60)40(56,3)4)28-9-8-25(21-49)31(20-28)41(43,44)45)10-12-33(30)61-17-16-53-14-15-54(34(22-53)42(46,47)48)23-36(58)51-27-7-5-6-26(18-27)50-32-11-13-35(57)52-37(32)59/h5-10,12,18-20,24,32,34,50H,11,13-17,22-23H2,1-4H3,(H,51,58)(H,52,57,59)/t32?,34-/m0/s1. The number of alkyl halides is 6. The third-order valence-electron chi connectivity index (χ3n) is 10.9. The van der Waals surface area contributed by atoms with Crippen LogP contribution in [0.15, 0.2) is 60.7 Å². The summed E-state index contributed by atoms with van der Waals surface area (Å²) in [7, 11) is 0. The Morgan fingerprint density at radius 2 is 1.71 bits per heavy atom. The van der Waals surface area contributed by atoms with E-state index in [4.69, 9.17) is 17.0 Å². The fourth-order valence-corrected chi connectivity index (χ4v) is 8.21. The number of piperidine rings is 1. The van der Waals surface area contributed by atoms with Gasteiger partial charge in [0.05, 0.1) is 29.4 Å². The SMILES string of the molecule is CC(C)c1cc(N2C(=S)N(c3ccc(C#N)c(C(F)(F)F)c3)C(=O)C2(C)C)ccc1OCCN1CCN(CC(=O)Nc2cccc(NC3CCC(=O)NC3=O)c2)[C@H](C(F)(F)F)C1. The number of carbonyl (C=O) groups excluding carboxylic acids is 4. The Morgan fingerprint density at radius 1 is 1.00 bits per heavy atom. The molecule has 20 heteroatoms. The summed E-state index contributed by atoms with van der Waals surface area (Å²) in [5.74, 6) is -1.78. The van der Waals surface area contributed by atoms with Crippen molar-refractivity contribution >= 4 is 63.7 Å². The molecule has 0 aliphatic carbocycles. The van der Waals surface area contributed by atoms with Crippen LogP contribution in [-0.2, 0) is 25.4 Å². The van der Waals surface area contributed by atoms with Gasteiger partial charge in [-0.1, -0.05) is 19.9 Å². The van der Waals surface area contributed by atoms with Gasteiger partial charge in [0.15, 0.2) is 5.11 Å². The van der Waals surface area contributed by atoms with E-state index in [-0.39, 0.29) is 61.7 Å². The topological polar surface area (TPSA) is 150 Å². The van der Waals surface area contributed by atoms with Gasteiger partial charge in [0.25, 0.3) is 5.91 Å². The Labute approximate surface area is 358 Å². The lowest BCUT2D eigenvalue weighted by molar-refractivity contribution is -0.197. The number of halogens is 6. The van der Waals surface area contributed by atoms with Crippen LogP contribution in [0.2, 0.25) is 0 Å². The fraction of sp³-hybridized carbons (Fsp3) is 0.429. The van der Waals surface area contributed by atoms with Gasteiger partial charge in [-0.3, -0.25) is 39.2 Å². The number of benzene rings is 3. The minimum Gasteiger partial charge on any atom is -0.492 e. The Morgan fingerprint density at radius 3 is 2.37 bits per heavy atom. The first kappa shape index (κ1) is 45.7. The number of nitrogens with one attached hydrogen (secondary N) is 3. The number of nitriles is 1. The summed E-state index contributed by atoms with van der Waals surface area (Å²) in [6.45, 7) is 6.35. The number of imide groups is 1. The van der Waals surface area contributed by atoms with Crippen LogP contribution < -0.4 is 30.5 Å². The number of thiocarbonyl (C=S) groups is 1. The molecule has 3 saturated heterocycles. The molecule has 13 nitrogen and oxygen atoms in total. The second-order valence-electron chi connectivity index (χ2n) is 16.0. The van der Waals surface area contributed by atoms with E-state index in [0.29, 0.717) is 28.4 Å². The van der Waals surface area contributed by atoms with Crippen LogP contribution in [-0.4, -0.2) is 102 Å². The van der Waals surface area contributed by atoms with Crippen LogP contribution in [0.25, 0.3) is 0 Å². The van der Waals surface area contributed by atoms with Gasteiger partial charge in [0, 0.05) is 49.7 Å². The summed E-state index contributed by atoms with van der Waals surface area (Å²) in [4.78, 5) is 55.6. The Bertz CT molecular complexity index is 2300. The number of piperazine rings is 1. The van der Waals surface area contributed by atoms with Crippen LogP contribution >= 0.6 is 12.2 Å². The zero-order chi connectivity index (χ0) is 45.3. The van der Waals surface area contributed by atoms with Crippen LogP contribution in [0.1, 0.15) is 63.1 Å². The van der Waals surface area contributed by atoms with Gasteiger partial charge >= 0.3 is 12.4 Å². The fourth-order valence-electron chi connectivity index (χ4n) is 7.69. The molecule has 330 valence electrons. The molecule has 3 aliphatic rings. The molecule has 3 fully saturated rings. The van der Waals surface area contributed by atoms with Crippen LogP contribution in [0, 0.1) is 11.3 Å². The molecule has 4 amide bonds. The van der Waals surface area contributed by atoms with E-state index in [1.807, 2.05) is 13.8 Å². The van der Waals surface area contributed by atoms with Crippen molar-refractivity contribution in [2.45, 2.75) is 76.4 Å². The summed E-state index contributed by atoms with van der Waals surface area (Å²) in [5, 5.41) is 17.1. The number of carbonyl (C=O) groups is 4. The van der Waals surface area contributed by atoms with Gasteiger partial charge in [-0.15, -0.1) is 0 Å². The van der Waals surface area contributed by atoms with Gasteiger partial charge in [0.2, 0.25) is 17.7 Å². The highest BCUT2D eigenvalue weighted by molar-refractivity contribution is 7.81. The van der Waals surface area contributed by atoms with Gasteiger partial charge < -0.3 is 20.3 Å². The predicted octanol–water partition coefficient (Wildman–Crippen LogP) is 6.40. The van der Waals surface area contributed by atoms with Crippen molar-refractivity contribution in [1.29, 1.82) is 5.26 Å². The van der Waals surface area contributed by atoms with E-state index in [0.717, 1.165) is 21.9 Å². The predicted molar refractivity (Wildman–Crippen MR) is 222 cm³/mol. The number of anilines is 4. The van der Waals surface area contributed by atoms with Gasteiger partial charge in [-0.05, 0) is 98.6 Å². The number of hydrogen-bond acceptors (Lipinski definition) is 10. The van der Waals surface area contributed by atoms with Crippen molar-refractivity contribution in [3.63, 3.8) is 0 Å². The monoisotopic (exact) mass is 886 g/mol. The third-order valence-corrected chi connectivity index (χ3v) is 11.3. The van der Waals surface area contributed by atoms with Crippen LogP contribution in [0.5, 0.6) is 5.75 Å². The molecule has 3 N–H and O–H groups in total. The van der Waals surface area contributed by atoms with Gasteiger partial charge in [-0.2, -0.15) is 31.6 Å². The minimum absolute atomic E-state index is 0.0213. The molecule has 6 rings (SSSR count). The first-order valence-electron chi connectivity index (χ1n) is 19.7. The smallest absolute Gasteiger partial charge is 0.417 e. The van der Waals surface area contributed by atoms with Crippen molar-refractivity contribution in [2.24, 2.45) is 0 Å². The van der Waals surface area contributed by atoms with E-state index < -0.39 is 71.9 Å². The largest absolute Gasteiger partial charge is 0.492 e. The molecular formula is C42H44F6N8O5S. The maximum atomic E-state index is 14.4. The van der Waals surface area contributed by atoms with Crippen molar-refractivity contribution in [3.8, 4) is 11.8 Å². The average Bonchev–Trinajstić information content (AvgIpc) is 3.37. The molecule has 3 aromatic rings. The molecule has 0 spiro atoms. The highest BCUT2D eigenvalue weighted by atomic mass is 32.1. The number of ether oxygens (including phenoxy) is 1. The summed E-state index contributed by atoms with van der Waals surface area (Å²) >= 11 is 5.69. The molecule has 0 aromatic heterocycles. The lowest BCUT2D eigenvalue weighted by atomic mass is 9.98. The Kier molecular flexibility index (Phi) is 13.2. The molecule has 1 unspecified atom stereocenters. The number of rotatable bonds is 12. The van der Waals surface area contributed by atoms with E-state index in [1.165, 1.54) is 17.0 Å². The summed E-state index contributed by atoms with van der Waals surface area (Å²) in [6, 6.07) is 13.3. The minimum atomic E-state index is -4.85. The molecule has 62 heavy (non-hydrogen) atoms. The van der Waals surface area contributed by atoms with E-state index in [9.17, 15) is 50.8 Å². The highest BCUT2D eigenvalue weighted by Gasteiger charge is 2.51.